The van der Waals surface area contributed by atoms with Gasteiger partial charge in [-0.05, 0) is 18.2 Å². The molecule has 112 valence electrons. The van der Waals surface area contributed by atoms with Gasteiger partial charge in [0.1, 0.15) is 5.82 Å². The summed E-state index contributed by atoms with van der Waals surface area (Å²) >= 11 is 6.12. The molecule has 2 aromatic rings. The molecule has 0 aliphatic carbocycles. The van der Waals surface area contributed by atoms with Crippen LogP contribution in [0.1, 0.15) is 19.4 Å². The third-order valence-corrected chi connectivity index (χ3v) is 3.15. The summed E-state index contributed by atoms with van der Waals surface area (Å²) in [7, 11) is 0. The lowest BCUT2D eigenvalue weighted by Crippen LogP contribution is -2.22. The van der Waals surface area contributed by atoms with Crippen LogP contribution in [0.2, 0.25) is 5.02 Å². The number of rotatable bonds is 5. The van der Waals surface area contributed by atoms with Gasteiger partial charge in [-0.25, -0.2) is 8.78 Å². The Morgan fingerprint density at radius 3 is 2.67 bits per heavy atom. The maximum atomic E-state index is 13.7. The average Bonchev–Trinajstić information content (AvgIpc) is 2.43. The standard InChI is InChI=1S/C16H16ClF2NO/c1-10(2)20-9-11-4-3-5-13(17)16(11)21-15-8-12(18)6-7-14(15)19/h3-8,10,20H,9H2,1-2H3. The topological polar surface area (TPSA) is 21.3 Å². The molecule has 0 radical (unpaired) electrons. The van der Waals surface area contributed by atoms with Crippen LogP contribution in [-0.4, -0.2) is 6.04 Å². The van der Waals surface area contributed by atoms with Crippen molar-refractivity contribution in [3.8, 4) is 11.5 Å². The lowest BCUT2D eigenvalue weighted by molar-refractivity contribution is 0.429. The second-order valence-electron chi connectivity index (χ2n) is 4.94. The molecule has 0 bridgehead atoms. The molecule has 21 heavy (non-hydrogen) atoms. The van der Waals surface area contributed by atoms with Crippen molar-refractivity contribution >= 4 is 11.6 Å². The van der Waals surface area contributed by atoms with Crippen molar-refractivity contribution < 1.29 is 13.5 Å². The summed E-state index contributed by atoms with van der Waals surface area (Å²) in [5.74, 6) is -1.06. The van der Waals surface area contributed by atoms with E-state index in [-0.39, 0.29) is 11.8 Å². The molecule has 0 aromatic heterocycles. The van der Waals surface area contributed by atoms with Gasteiger partial charge in [-0.2, -0.15) is 0 Å². The first-order chi connectivity index (χ1) is 9.97. The molecule has 2 rings (SSSR count). The highest BCUT2D eigenvalue weighted by molar-refractivity contribution is 6.32. The molecule has 1 N–H and O–H groups in total. The molecule has 0 aliphatic heterocycles. The van der Waals surface area contributed by atoms with Gasteiger partial charge in [0.2, 0.25) is 0 Å². The quantitative estimate of drug-likeness (QED) is 0.847. The molecule has 2 aromatic carbocycles. The van der Waals surface area contributed by atoms with E-state index in [0.717, 1.165) is 23.8 Å². The van der Waals surface area contributed by atoms with Crippen LogP contribution in [0.4, 0.5) is 8.78 Å². The van der Waals surface area contributed by atoms with Crippen LogP contribution in [0.25, 0.3) is 0 Å². The summed E-state index contributed by atoms with van der Waals surface area (Å²) in [6, 6.07) is 8.60. The predicted octanol–water partition coefficient (Wildman–Crippen LogP) is 4.91. The fraction of sp³-hybridized carbons (Fsp3) is 0.250. The van der Waals surface area contributed by atoms with Gasteiger partial charge < -0.3 is 10.1 Å². The maximum absolute atomic E-state index is 13.7. The Morgan fingerprint density at radius 2 is 1.95 bits per heavy atom. The van der Waals surface area contributed by atoms with Crippen molar-refractivity contribution in [2.75, 3.05) is 0 Å². The summed E-state index contributed by atoms with van der Waals surface area (Å²) in [6.45, 7) is 4.54. The van der Waals surface area contributed by atoms with E-state index in [4.69, 9.17) is 16.3 Å². The molecule has 0 heterocycles. The van der Waals surface area contributed by atoms with Gasteiger partial charge in [0.15, 0.2) is 17.3 Å². The highest BCUT2D eigenvalue weighted by Crippen LogP contribution is 2.34. The molecule has 0 aliphatic rings. The molecule has 0 fully saturated rings. The number of hydrogen-bond acceptors (Lipinski definition) is 2. The zero-order chi connectivity index (χ0) is 15.4. The second kappa shape index (κ2) is 6.87. The minimum absolute atomic E-state index is 0.186. The molecule has 0 spiro atoms. The van der Waals surface area contributed by atoms with Crippen LogP contribution >= 0.6 is 11.6 Å². The maximum Gasteiger partial charge on any atom is 0.166 e. The molecule has 0 saturated heterocycles. The lowest BCUT2D eigenvalue weighted by Gasteiger charge is -2.15. The first-order valence-electron chi connectivity index (χ1n) is 6.61. The van der Waals surface area contributed by atoms with Crippen molar-refractivity contribution in [2.45, 2.75) is 26.4 Å². The van der Waals surface area contributed by atoms with Crippen LogP contribution < -0.4 is 10.1 Å². The van der Waals surface area contributed by atoms with Crippen LogP contribution in [0.3, 0.4) is 0 Å². The van der Waals surface area contributed by atoms with Gasteiger partial charge in [-0.1, -0.05) is 37.6 Å². The number of benzene rings is 2. The van der Waals surface area contributed by atoms with Gasteiger partial charge in [-0.15, -0.1) is 0 Å². The first-order valence-corrected chi connectivity index (χ1v) is 6.99. The van der Waals surface area contributed by atoms with Gasteiger partial charge >= 0.3 is 0 Å². The Morgan fingerprint density at radius 1 is 1.19 bits per heavy atom. The Labute approximate surface area is 127 Å². The van der Waals surface area contributed by atoms with E-state index in [1.165, 1.54) is 0 Å². The summed E-state index contributed by atoms with van der Waals surface area (Å²) in [5.41, 5.74) is 0.778. The first kappa shape index (κ1) is 15.7. The van der Waals surface area contributed by atoms with Gasteiger partial charge in [0, 0.05) is 24.2 Å². The Balaban J connectivity index is 2.32. The Kier molecular flexibility index (Phi) is 5.15. The zero-order valence-electron chi connectivity index (χ0n) is 11.8. The largest absolute Gasteiger partial charge is 0.452 e. The molecule has 0 atom stereocenters. The normalized spacial score (nSPS) is 11.0. The minimum atomic E-state index is -0.640. The third-order valence-electron chi connectivity index (χ3n) is 2.85. The summed E-state index contributed by atoms with van der Waals surface area (Å²) in [6.07, 6.45) is 0. The molecule has 0 unspecified atom stereocenters. The smallest absolute Gasteiger partial charge is 0.166 e. The Bertz CT molecular complexity index is 632. The average molecular weight is 312 g/mol. The van der Waals surface area contributed by atoms with Crippen molar-refractivity contribution in [3.05, 3.63) is 58.6 Å². The van der Waals surface area contributed by atoms with Crippen LogP contribution in [0, 0.1) is 11.6 Å². The van der Waals surface area contributed by atoms with E-state index < -0.39 is 11.6 Å². The number of para-hydroxylation sites is 1. The molecule has 5 heteroatoms. The SMILES string of the molecule is CC(C)NCc1cccc(Cl)c1Oc1cc(F)ccc1F. The highest BCUT2D eigenvalue weighted by Gasteiger charge is 2.13. The van der Waals surface area contributed by atoms with E-state index in [1.807, 2.05) is 19.9 Å². The Hall–Kier alpha value is -1.65. The van der Waals surface area contributed by atoms with E-state index in [2.05, 4.69) is 5.32 Å². The highest BCUT2D eigenvalue weighted by atomic mass is 35.5. The van der Waals surface area contributed by atoms with Crippen LogP contribution in [-0.2, 0) is 6.54 Å². The molecule has 2 nitrogen and oxygen atoms in total. The summed E-state index contributed by atoms with van der Waals surface area (Å²) < 4.78 is 32.4. The number of nitrogens with one attached hydrogen (secondary N) is 1. The van der Waals surface area contributed by atoms with E-state index in [9.17, 15) is 8.78 Å². The zero-order valence-corrected chi connectivity index (χ0v) is 12.5. The fourth-order valence-corrected chi connectivity index (χ4v) is 2.02. The van der Waals surface area contributed by atoms with Gasteiger partial charge in [0.05, 0.1) is 5.02 Å². The van der Waals surface area contributed by atoms with Crippen molar-refractivity contribution in [3.63, 3.8) is 0 Å². The number of ether oxygens (including phenoxy) is 1. The predicted molar refractivity (Wildman–Crippen MR) is 79.9 cm³/mol. The number of hydrogen-bond donors (Lipinski definition) is 1. The van der Waals surface area contributed by atoms with E-state index >= 15 is 0 Å². The van der Waals surface area contributed by atoms with E-state index in [1.54, 1.807) is 12.1 Å². The number of halogens is 3. The monoisotopic (exact) mass is 311 g/mol. The van der Waals surface area contributed by atoms with Crippen LogP contribution in [0.5, 0.6) is 11.5 Å². The lowest BCUT2D eigenvalue weighted by atomic mass is 10.2. The van der Waals surface area contributed by atoms with E-state index in [0.29, 0.717) is 17.3 Å². The summed E-state index contributed by atoms with van der Waals surface area (Å²) in [5, 5.41) is 3.58. The molecular formula is C16H16ClF2NO. The van der Waals surface area contributed by atoms with Crippen molar-refractivity contribution in [1.82, 2.24) is 5.32 Å². The minimum Gasteiger partial charge on any atom is -0.452 e. The van der Waals surface area contributed by atoms with Gasteiger partial charge in [0.25, 0.3) is 0 Å². The van der Waals surface area contributed by atoms with Crippen molar-refractivity contribution in [1.29, 1.82) is 0 Å². The third kappa shape index (κ3) is 4.16. The van der Waals surface area contributed by atoms with Gasteiger partial charge in [-0.3, -0.25) is 0 Å². The molecular weight excluding hydrogens is 296 g/mol. The fourth-order valence-electron chi connectivity index (χ4n) is 1.79. The molecule has 0 saturated carbocycles. The van der Waals surface area contributed by atoms with Crippen LogP contribution in [0.15, 0.2) is 36.4 Å². The van der Waals surface area contributed by atoms with Crippen molar-refractivity contribution in [2.24, 2.45) is 0 Å². The molecule has 0 amide bonds. The summed E-state index contributed by atoms with van der Waals surface area (Å²) in [4.78, 5) is 0. The second-order valence-corrected chi connectivity index (χ2v) is 5.35.